The normalized spacial score (nSPS) is 10.3. The summed E-state index contributed by atoms with van der Waals surface area (Å²) in [6, 6.07) is 23.1. The van der Waals surface area contributed by atoms with Gasteiger partial charge in [0.15, 0.2) is 0 Å². The van der Waals surface area contributed by atoms with Crippen molar-refractivity contribution < 1.29 is 9.59 Å². The minimum atomic E-state index is -0.273. The Morgan fingerprint density at radius 2 is 1.37 bits per heavy atom. The van der Waals surface area contributed by atoms with Gasteiger partial charge in [0.1, 0.15) is 0 Å². The first kappa shape index (κ1) is 18.4. The first-order chi connectivity index (χ1) is 13.0. The number of carbonyl (C=O) groups excluding carboxylic acids is 2. The standard InChI is InChI=1S/C23H22N2O2/c1-16-12-17(2)14-21(13-16)25-22(26)15-24-23(27)20-10-8-19(9-11-20)18-6-4-3-5-7-18/h3-14H,15H2,1-2H3,(H,24,27)(H,25,26). The molecule has 136 valence electrons. The summed E-state index contributed by atoms with van der Waals surface area (Å²) < 4.78 is 0. The van der Waals surface area contributed by atoms with Crippen LogP contribution in [0.1, 0.15) is 21.5 Å². The zero-order chi connectivity index (χ0) is 19.2. The van der Waals surface area contributed by atoms with Crippen molar-refractivity contribution in [2.75, 3.05) is 11.9 Å². The maximum atomic E-state index is 12.3. The molecule has 2 amide bonds. The third kappa shape index (κ3) is 5.05. The summed E-state index contributed by atoms with van der Waals surface area (Å²) in [5, 5.41) is 5.46. The number of nitrogens with one attached hydrogen (secondary N) is 2. The number of benzene rings is 3. The SMILES string of the molecule is Cc1cc(C)cc(NC(=O)CNC(=O)c2ccc(-c3ccccc3)cc2)c1. The fourth-order valence-electron chi connectivity index (χ4n) is 2.96. The minimum Gasteiger partial charge on any atom is -0.343 e. The summed E-state index contributed by atoms with van der Waals surface area (Å²) in [6.07, 6.45) is 0. The summed E-state index contributed by atoms with van der Waals surface area (Å²) in [7, 11) is 0. The molecule has 0 bridgehead atoms. The van der Waals surface area contributed by atoms with Gasteiger partial charge in [-0.2, -0.15) is 0 Å². The van der Waals surface area contributed by atoms with E-state index in [1.54, 1.807) is 12.1 Å². The molecule has 4 nitrogen and oxygen atoms in total. The summed E-state index contributed by atoms with van der Waals surface area (Å²) in [5.41, 5.74) is 5.55. The molecule has 0 aliphatic heterocycles. The van der Waals surface area contributed by atoms with Crippen molar-refractivity contribution in [3.05, 3.63) is 89.5 Å². The Bertz CT molecular complexity index is 928. The van der Waals surface area contributed by atoms with Crippen LogP contribution in [0.15, 0.2) is 72.8 Å². The maximum Gasteiger partial charge on any atom is 0.251 e. The molecule has 3 aromatic carbocycles. The first-order valence-corrected chi connectivity index (χ1v) is 8.83. The number of hydrogen-bond donors (Lipinski definition) is 2. The monoisotopic (exact) mass is 358 g/mol. The van der Waals surface area contributed by atoms with Crippen LogP contribution in [-0.2, 0) is 4.79 Å². The first-order valence-electron chi connectivity index (χ1n) is 8.83. The Labute approximate surface area is 159 Å². The molecule has 4 heteroatoms. The Morgan fingerprint density at radius 3 is 2.00 bits per heavy atom. The van der Waals surface area contributed by atoms with Gasteiger partial charge in [0.25, 0.3) is 5.91 Å². The van der Waals surface area contributed by atoms with Crippen LogP contribution in [0.3, 0.4) is 0 Å². The van der Waals surface area contributed by atoms with Crippen LogP contribution in [0.4, 0.5) is 5.69 Å². The third-order valence-corrected chi connectivity index (χ3v) is 4.17. The molecule has 0 radical (unpaired) electrons. The fourth-order valence-corrected chi connectivity index (χ4v) is 2.96. The van der Waals surface area contributed by atoms with E-state index in [2.05, 4.69) is 10.6 Å². The highest BCUT2D eigenvalue weighted by Gasteiger charge is 2.09. The molecule has 27 heavy (non-hydrogen) atoms. The van der Waals surface area contributed by atoms with Gasteiger partial charge < -0.3 is 10.6 Å². The molecular weight excluding hydrogens is 336 g/mol. The number of aryl methyl sites for hydroxylation is 2. The highest BCUT2D eigenvalue weighted by atomic mass is 16.2. The minimum absolute atomic E-state index is 0.0771. The Kier molecular flexibility index (Phi) is 5.67. The van der Waals surface area contributed by atoms with Gasteiger partial charge >= 0.3 is 0 Å². The molecule has 0 spiro atoms. The van der Waals surface area contributed by atoms with Crippen LogP contribution in [0.2, 0.25) is 0 Å². The van der Waals surface area contributed by atoms with Crippen molar-refractivity contribution in [3.63, 3.8) is 0 Å². The fraction of sp³-hybridized carbons (Fsp3) is 0.130. The second-order valence-electron chi connectivity index (χ2n) is 6.55. The number of anilines is 1. The van der Waals surface area contributed by atoms with E-state index in [-0.39, 0.29) is 18.4 Å². The van der Waals surface area contributed by atoms with Crippen LogP contribution in [0, 0.1) is 13.8 Å². The summed E-state index contributed by atoms with van der Waals surface area (Å²) >= 11 is 0. The second kappa shape index (κ2) is 8.32. The van der Waals surface area contributed by atoms with Crippen molar-refractivity contribution >= 4 is 17.5 Å². The Morgan fingerprint density at radius 1 is 0.778 bits per heavy atom. The lowest BCUT2D eigenvalue weighted by molar-refractivity contribution is -0.115. The molecule has 3 rings (SSSR count). The molecule has 0 saturated carbocycles. The zero-order valence-corrected chi connectivity index (χ0v) is 15.5. The molecule has 0 saturated heterocycles. The average Bonchev–Trinajstić information content (AvgIpc) is 2.66. The lowest BCUT2D eigenvalue weighted by Gasteiger charge is -2.09. The number of hydrogen-bond acceptors (Lipinski definition) is 2. The molecule has 0 fully saturated rings. The second-order valence-corrected chi connectivity index (χ2v) is 6.55. The number of carbonyl (C=O) groups is 2. The van der Waals surface area contributed by atoms with E-state index in [1.165, 1.54) is 0 Å². The lowest BCUT2D eigenvalue weighted by Crippen LogP contribution is -2.32. The van der Waals surface area contributed by atoms with Crippen LogP contribution < -0.4 is 10.6 Å². The highest BCUT2D eigenvalue weighted by Crippen LogP contribution is 2.19. The molecule has 0 aromatic heterocycles. The van der Waals surface area contributed by atoms with Gasteiger partial charge in [-0.05, 0) is 60.4 Å². The predicted molar refractivity (Wildman–Crippen MR) is 109 cm³/mol. The smallest absolute Gasteiger partial charge is 0.251 e. The van der Waals surface area contributed by atoms with Gasteiger partial charge in [0, 0.05) is 11.3 Å². The van der Waals surface area contributed by atoms with E-state index in [4.69, 9.17) is 0 Å². The van der Waals surface area contributed by atoms with E-state index >= 15 is 0 Å². The summed E-state index contributed by atoms with van der Waals surface area (Å²) in [6.45, 7) is 3.87. The largest absolute Gasteiger partial charge is 0.343 e. The molecular formula is C23H22N2O2. The molecule has 0 atom stereocenters. The Balaban J connectivity index is 1.56. The highest BCUT2D eigenvalue weighted by molar-refractivity contribution is 5.99. The molecule has 0 aliphatic carbocycles. The van der Waals surface area contributed by atoms with Crippen molar-refractivity contribution in [1.29, 1.82) is 0 Å². The molecule has 0 heterocycles. The van der Waals surface area contributed by atoms with Crippen molar-refractivity contribution in [1.82, 2.24) is 5.32 Å². The molecule has 2 N–H and O–H groups in total. The van der Waals surface area contributed by atoms with Gasteiger partial charge in [-0.25, -0.2) is 0 Å². The van der Waals surface area contributed by atoms with E-state index in [1.807, 2.05) is 74.5 Å². The Hall–Kier alpha value is -3.40. The summed E-state index contributed by atoms with van der Waals surface area (Å²) in [5.74, 6) is -0.528. The topological polar surface area (TPSA) is 58.2 Å². The quantitative estimate of drug-likeness (QED) is 0.713. The summed E-state index contributed by atoms with van der Waals surface area (Å²) in [4.78, 5) is 24.4. The van der Waals surface area contributed by atoms with E-state index in [0.717, 1.165) is 27.9 Å². The van der Waals surface area contributed by atoms with Gasteiger partial charge in [-0.3, -0.25) is 9.59 Å². The van der Waals surface area contributed by atoms with Crippen molar-refractivity contribution in [2.24, 2.45) is 0 Å². The van der Waals surface area contributed by atoms with Gasteiger partial charge in [0.05, 0.1) is 6.54 Å². The van der Waals surface area contributed by atoms with E-state index in [0.29, 0.717) is 5.56 Å². The maximum absolute atomic E-state index is 12.3. The van der Waals surface area contributed by atoms with Gasteiger partial charge in [0.2, 0.25) is 5.91 Å². The van der Waals surface area contributed by atoms with Crippen molar-refractivity contribution in [2.45, 2.75) is 13.8 Å². The number of rotatable bonds is 5. The predicted octanol–water partition coefficient (Wildman–Crippen LogP) is 4.34. The van der Waals surface area contributed by atoms with Gasteiger partial charge in [-0.15, -0.1) is 0 Å². The van der Waals surface area contributed by atoms with Crippen LogP contribution in [-0.4, -0.2) is 18.4 Å². The van der Waals surface area contributed by atoms with Crippen LogP contribution >= 0.6 is 0 Å². The van der Waals surface area contributed by atoms with Crippen LogP contribution in [0.5, 0.6) is 0 Å². The van der Waals surface area contributed by atoms with E-state index < -0.39 is 0 Å². The molecule has 3 aromatic rings. The zero-order valence-electron chi connectivity index (χ0n) is 15.5. The molecule has 0 unspecified atom stereocenters. The van der Waals surface area contributed by atoms with Crippen LogP contribution in [0.25, 0.3) is 11.1 Å². The number of amides is 2. The third-order valence-electron chi connectivity index (χ3n) is 4.17. The average molecular weight is 358 g/mol. The lowest BCUT2D eigenvalue weighted by atomic mass is 10.0. The van der Waals surface area contributed by atoms with Gasteiger partial charge in [-0.1, -0.05) is 48.5 Å². The molecule has 0 aliphatic rings. The van der Waals surface area contributed by atoms with E-state index in [9.17, 15) is 9.59 Å². The van der Waals surface area contributed by atoms with Crippen molar-refractivity contribution in [3.8, 4) is 11.1 Å².